The minimum absolute atomic E-state index is 0.373. The van der Waals surface area contributed by atoms with E-state index < -0.39 is 0 Å². The van der Waals surface area contributed by atoms with Crippen molar-refractivity contribution in [3.05, 3.63) is 59.7 Å². The van der Waals surface area contributed by atoms with Crippen molar-refractivity contribution in [1.29, 1.82) is 5.26 Å². The zero-order chi connectivity index (χ0) is 16.1. The Morgan fingerprint density at radius 1 is 0.909 bits per heavy atom. The van der Waals surface area contributed by atoms with E-state index in [1.165, 1.54) is 11.6 Å². The highest BCUT2D eigenvalue weighted by molar-refractivity contribution is 6.61. The predicted molar refractivity (Wildman–Crippen MR) is 96.2 cm³/mol. The Kier molecular flexibility index (Phi) is 5.57. The lowest BCUT2D eigenvalue weighted by molar-refractivity contribution is 0.919. The maximum Gasteiger partial charge on any atom is 0.0998 e. The van der Waals surface area contributed by atoms with Crippen LogP contribution < -0.4 is 0 Å². The molecule has 2 aromatic rings. The van der Waals surface area contributed by atoms with Gasteiger partial charge in [-0.25, -0.2) is 0 Å². The Morgan fingerprint density at radius 3 is 2.05 bits per heavy atom. The molecule has 0 fully saturated rings. The third kappa shape index (κ3) is 3.87. The zero-order valence-electron chi connectivity index (χ0n) is 13.9. The molecule has 0 bridgehead atoms. The molecular weight excluding hydrogens is 282 g/mol. The minimum Gasteiger partial charge on any atom is -0.192 e. The van der Waals surface area contributed by atoms with Gasteiger partial charge in [-0.1, -0.05) is 86.8 Å². The summed E-state index contributed by atoms with van der Waals surface area (Å²) >= 11 is 0. The fraction of sp³-hybridized carbons (Fsp3) is 0.350. The van der Waals surface area contributed by atoms with Gasteiger partial charge < -0.3 is 0 Å². The van der Waals surface area contributed by atoms with Gasteiger partial charge in [0.25, 0.3) is 0 Å². The first-order chi connectivity index (χ1) is 10.5. The molecule has 0 aliphatic carbocycles. The van der Waals surface area contributed by atoms with Crippen molar-refractivity contribution in [3.8, 4) is 17.2 Å². The SMILES string of the molecule is CC(C)[Si](Cc1ccc(-c2ccccc2C#N)cc1)C(C)C. The van der Waals surface area contributed by atoms with Crippen molar-refractivity contribution in [1.82, 2.24) is 0 Å². The van der Waals surface area contributed by atoms with Gasteiger partial charge in [0, 0.05) is 0 Å². The van der Waals surface area contributed by atoms with E-state index in [-0.39, 0.29) is 8.80 Å². The second kappa shape index (κ2) is 7.42. The van der Waals surface area contributed by atoms with Crippen molar-refractivity contribution in [2.24, 2.45) is 0 Å². The molecule has 22 heavy (non-hydrogen) atoms. The lowest BCUT2D eigenvalue weighted by Gasteiger charge is -2.23. The molecule has 0 spiro atoms. The summed E-state index contributed by atoms with van der Waals surface area (Å²) < 4.78 is 0. The first-order valence-corrected chi connectivity index (χ1v) is 9.83. The Bertz CT molecular complexity index is 642. The van der Waals surface area contributed by atoms with Crippen molar-refractivity contribution in [2.75, 3.05) is 0 Å². The van der Waals surface area contributed by atoms with Crippen LogP contribution in [0.5, 0.6) is 0 Å². The number of rotatable bonds is 5. The van der Waals surface area contributed by atoms with Crippen LogP contribution in [0.15, 0.2) is 48.5 Å². The number of nitriles is 1. The van der Waals surface area contributed by atoms with E-state index in [1.54, 1.807) is 0 Å². The Balaban J connectivity index is 2.22. The lowest BCUT2D eigenvalue weighted by atomic mass is 10.00. The van der Waals surface area contributed by atoms with Crippen LogP contribution in [0, 0.1) is 11.3 Å². The molecule has 0 saturated carbocycles. The van der Waals surface area contributed by atoms with Gasteiger partial charge in [0.15, 0.2) is 0 Å². The minimum atomic E-state index is -0.373. The summed E-state index contributed by atoms with van der Waals surface area (Å²) in [7, 11) is -0.373. The molecule has 113 valence electrons. The number of hydrogen-bond acceptors (Lipinski definition) is 1. The second-order valence-electron chi connectivity index (χ2n) is 6.42. The van der Waals surface area contributed by atoms with E-state index in [2.05, 4.69) is 58.0 Å². The van der Waals surface area contributed by atoms with Gasteiger partial charge >= 0.3 is 0 Å². The largest absolute Gasteiger partial charge is 0.192 e. The molecule has 0 aromatic heterocycles. The molecule has 0 atom stereocenters. The topological polar surface area (TPSA) is 23.8 Å². The molecule has 2 aromatic carbocycles. The third-order valence-corrected chi connectivity index (χ3v) is 7.99. The Hall–Kier alpha value is -1.85. The predicted octanol–water partition coefficient (Wildman–Crippen LogP) is 5.62. The van der Waals surface area contributed by atoms with Crippen molar-refractivity contribution < 1.29 is 0 Å². The monoisotopic (exact) mass is 306 g/mol. The van der Waals surface area contributed by atoms with Gasteiger partial charge in [0.1, 0.15) is 0 Å². The van der Waals surface area contributed by atoms with E-state index in [1.807, 2.05) is 24.3 Å². The summed E-state index contributed by atoms with van der Waals surface area (Å²) in [4.78, 5) is 0. The first-order valence-electron chi connectivity index (χ1n) is 7.97. The standard InChI is InChI=1S/C20H24NSi/c1-15(2)22(16(3)4)14-17-9-11-18(12-10-17)20-8-6-5-7-19(20)13-21/h5-12,15-16H,14H2,1-4H3. The van der Waals surface area contributed by atoms with Gasteiger partial charge in [-0.2, -0.15) is 5.26 Å². The van der Waals surface area contributed by atoms with E-state index in [0.29, 0.717) is 0 Å². The summed E-state index contributed by atoms with van der Waals surface area (Å²) in [6.45, 7) is 9.41. The summed E-state index contributed by atoms with van der Waals surface area (Å²) in [5.74, 6) is 0. The summed E-state index contributed by atoms with van der Waals surface area (Å²) in [5, 5.41) is 9.23. The van der Waals surface area contributed by atoms with Crippen LogP contribution in [0.25, 0.3) is 11.1 Å². The summed E-state index contributed by atoms with van der Waals surface area (Å²) in [5.41, 5.74) is 5.91. The van der Waals surface area contributed by atoms with E-state index >= 15 is 0 Å². The molecule has 1 radical (unpaired) electrons. The maximum atomic E-state index is 9.23. The summed E-state index contributed by atoms with van der Waals surface area (Å²) in [6.07, 6.45) is 0. The van der Waals surface area contributed by atoms with Crippen LogP contribution >= 0.6 is 0 Å². The normalized spacial score (nSPS) is 11.2. The highest BCUT2D eigenvalue weighted by Gasteiger charge is 2.20. The van der Waals surface area contributed by atoms with Crippen molar-refractivity contribution in [3.63, 3.8) is 0 Å². The fourth-order valence-electron chi connectivity index (χ4n) is 2.95. The lowest BCUT2D eigenvalue weighted by Crippen LogP contribution is -2.24. The summed E-state index contributed by atoms with van der Waals surface area (Å²) in [6, 6.07) is 20.1. The molecule has 0 aliphatic heterocycles. The molecule has 0 N–H and O–H groups in total. The van der Waals surface area contributed by atoms with Crippen LogP contribution in [0.1, 0.15) is 38.8 Å². The molecule has 0 unspecified atom stereocenters. The third-order valence-electron chi connectivity index (χ3n) is 4.20. The van der Waals surface area contributed by atoms with Gasteiger partial charge in [-0.05, 0) is 23.2 Å². The van der Waals surface area contributed by atoms with Crippen LogP contribution in [-0.4, -0.2) is 8.80 Å². The molecule has 2 heteroatoms. The smallest absolute Gasteiger partial charge is 0.0998 e. The van der Waals surface area contributed by atoms with Crippen LogP contribution in [-0.2, 0) is 6.04 Å². The molecule has 0 saturated heterocycles. The second-order valence-corrected chi connectivity index (χ2v) is 10.2. The first kappa shape index (κ1) is 16.5. The zero-order valence-corrected chi connectivity index (χ0v) is 14.9. The van der Waals surface area contributed by atoms with Crippen LogP contribution in [0.3, 0.4) is 0 Å². The number of benzene rings is 2. The van der Waals surface area contributed by atoms with Gasteiger partial charge in [0.05, 0.1) is 20.4 Å². The molecule has 0 aliphatic rings. The van der Waals surface area contributed by atoms with Crippen molar-refractivity contribution in [2.45, 2.75) is 44.8 Å². The molecule has 0 amide bonds. The Labute approximate surface area is 136 Å². The van der Waals surface area contributed by atoms with E-state index in [0.717, 1.165) is 27.8 Å². The van der Waals surface area contributed by atoms with Crippen molar-refractivity contribution >= 4 is 8.80 Å². The number of nitrogens with zero attached hydrogens (tertiary/aromatic N) is 1. The average Bonchev–Trinajstić information content (AvgIpc) is 2.52. The average molecular weight is 307 g/mol. The van der Waals surface area contributed by atoms with E-state index in [4.69, 9.17) is 0 Å². The van der Waals surface area contributed by atoms with Crippen LogP contribution in [0.2, 0.25) is 11.1 Å². The fourth-order valence-corrected chi connectivity index (χ4v) is 5.80. The molecule has 1 nitrogen and oxygen atoms in total. The van der Waals surface area contributed by atoms with E-state index in [9.17, 15) is 5.26 Å². The van der Waals surface area contributed by atoms with Gasteiger partial charge in [-0.3, -0.25) is 0 Å². The number of hydrogen-bond donors (Lipinski definition) is 0. The maximum absolute atomic E-state index is 9.23. The highest BCUT2D eigenvalue weighted by Crippen LogP contribution is 2.26. The van der Waals surface area contributed by atoms with Gasteiger partial charge in [0.2, 0.25) is 0 Å². The van der Waals surface area contributed by atoms with Gasteiger partial charge in [-0.15, -0.1) is 0 Å². The molecule has 0 heterocycles. The Morgan fingerprint density at radius 2 is 1.50 bits per heavy atom. The molecule has 2 rings (SSSR count). The quantitative estimate of drug-likeness (QED) is 0.657. The van der Waals surface area contributed by atoms with Crippen LogP contribution in [0.4, 0.5) is 0 Å². The highest BCUT2D eigenvalue weighted by atomic mass is 28.3. The molecular formula is C20H24NSi.